The van der Waals surface area contributed by atoms with Gasteiger partial charge in [-0.1, -0.05) is 24.0 Å². The number of nitrogens with one attached hydrogen (secondary N) is 5. The summed E-state index contributed by atoms with van der Waals surface area (Å²) in [6, 6.07) is 10.9. The van der Waals surface area contributed by atoms with E-state index in [0.717, 1.165) is 71.6 Å². The number of fused-ring (bicyclic) bond motifs is 2. The highest BCUT2D eigenvalue weighted by molar-refractivity contribution is 6.06. The van der Waals surface area contributed by atoms with E-state index in [1.807, 2.05) is 17.4 Å². The summed E-state index contributed by atoms with van der Waals surface area (Å²) in [5.41, 5.74) is -1.41. The smallest absolute Gasteiger partial charge is 0.407 e. The summed E-state index contributed by atoms with van der Waals surface area (Å²) >= 11 is 0. The van der Waals surface area contributed by atoms with Crippen LogP contribution in [-0.2, 0) is 32.0 Å². The maximum absolute atomic E-state index is 15.2. The fourth-order valence-electron chi connectivity index (χ4n) is 8.79. The maximum Gasteiger partial charge on any atom is 0.407 e. The number of carbonyl (C=O) groups excluding carboxylic acids is 2. The zero-order chi connectivity index (χ0) is 47.9. The Morgan fingerprint density at radius 3 is 2.21 bits per heavy atom. The summed E-state index contributed by atoms with van der Waals surface area (Å²) in [6.07, 6.45) is -0.0768. The molecule has 6 atom stereocenters. The van der Waals surface area contributed by atoms with Crippen LogP contribution in [0.5, 0.6) is 0 Å². The van der Waals surface area contributed by atoms with Crippen LogP contribution >= 0.6 is 0 Å². The molecule has 2 aromatic carbocycles. The van der Waals surface area contributed by atoms with E-state index in [1.165, 1.54) is 25.1 Å². The molecule has 7 rings (SSSR count). The number of aliphatic hydroxyl groups excluding tert-OH is 1. The van der Waals surface area contributed by atoms with Crippen LogP contribution in [0.3, 0.4) is 0 Å². The summed E-state index contributed by atoms with van der Waals surface area (Å²) in [5.74, 6) is 3.99. The number of ether oxygens (including phenoxy) is 3. The molecule has 3 aromatic rings. The zero-order valence-electron chi connectivity index (χ0n) is 37.6. The number of alkyl carbamates (subject to hydrolysis) is 1. The molecule has 4 saturated heterocycles. The average Bonchev–Trinajstić information content (AvgIpc) is 3.88. The molecular weight excluding hydrogens is 880 g/mol. The molecule has 19 heteroatoms. The highest BCUT2D eigenvalue weighted by atomic mass is 19.4. The van der Waals surface area contributed by atoms with Crippen LogP contribution in [0.2, 0.25) is 0 Å². The highest BCUT2D eigenvalue weighted by Crippen LogP contribution is 2.41. The fourth-order valence-corrected chi connectivity index (χ4v) is 8.79. The molecule has 14 nitrogen and oxygen atoms in total. The third-order valence-corrected chi connectivity index (χ3v) is 13.0. The first-order chi connectivity index (χ1) is 32.0. The van der Waals surface area contributed by atoms with Crippen LogP contribution in [0.4, 0.5) is 32.6 Å². The minimum atomic E-state index is -4.96. The van der Waals surface area contributed by atoms with Gasteiger partial charge in [0.2, 0.25) is 5.91 Å². The second kappa shape index (κ2) is 21.5. The molecular formula is C48H57F5N8O6. The van der Waals surface area contributed by atoms with Crippen molar-refractivity contribution in [3.63, 3.8) is 0 Å². The number of rotatable bonds is 17. The molecule has 2 amide bonds. The maximum atomic E-state index is 15.2. The van der Waals surface area contributed by atoms with Crippen LogP contribution in [0.1, 0.15) is 60.9 Å². The van der Waals surface area contributed by atoms with Crippen LogP contribution in [-0.4, -0.2) is 134 Å². The van der Waals surface area contributed by atoms with Gasteiger partial charge in [0.1, 0.15) is 23.5 Å². The van der Waals surface area contributed by atoms with E-state index in [2.05, 4.69) is 42.3 Å². The summed E-state index contributed by atoms with van der Waals surface area (Å²) in [4.78, 5) is 35.5. The molecule has 360 valence electrons. The second-order valence-electron chi connectivity index (χ2n) is 18.0. The predicted molar refractivity (Wildman–Crippen MR) is 239 cm³/mol. The van der Waals surface area contributed by atoms with E-state index < -0.39 is 60.0 Å². The van der Waals surface area contributed by atoms with E-state index in [9.17, 15) is 27.9 Å². The topological polar surface area (TPSA) is 173 Å². The second-order valence-corrected chi connectivity index (χ2v) is 18.0. The first-order valence-electron chi connectivity index (χ1n) is 22.4. The number of benzene rings is 2. The van der Waals surface area contributed by atoms with Crippen molar-refractivity contribution in [2.24, 2.45) is 5.41 Å². The molecule has 3 unspecified atom stereocenters. The Balaban J connectivity index is 1.01. The molecule has 67 heavy (non-hydrogen) atoms. The molecule has 6 N–H and O–H groups in total. The van der Waals surface area contributed by atoms with Crippen molar-refractivity contribution in [2.75, 3.05) is 58.1 Å². The Hall–Kier alpha value is -5.65. The van der Waals surface area contributed by atoms with Gasteiger partial charge < -0.3 is 50.9 Å². The van der Waals surface area contributed by atoms with Crippen molar-refractivity contribution in [3.8, 4) is 11.8 Å². The number of aromatic nitrogens is 1. The minimum Gasteiger partial charge on any atom is -0.453 e. The molecule has 5 heterocycles. The Labute approximate surface area is 386 Å². The van der Waals surface area contributed by atoms with Gasteiger partial charge in [0.15, 0.2) is 0 Å². The number of alkyl halides is 3. The summed E-state index contributed by atoms with van der Waals surface area (Å²) in [5, 5.41) is 30.0. The number of allylic oxidation sites excluding steroid dienone is 1. The average molecular weight is 937 g/mol. The number of halogens is 5. The van der Waals surface area contributed by atoms with Gasteiger partial charge in [-0.2, -0.15) is 13.2 Å². The lowest BCUT2D eigenvalue weighted by atomic mass is 9.82. The summed E-state index contributed by atoms with van der Waals surface area (Å²) in [7, 11) is 0.939. The van der Waals surface area contributed by atoms with Gasteiger partial charge in [-0.05, 0) is 93.8 Å². The number of methoxy groups -OCH3 is 1. The van der Waals surface area contributed by atoms with E-state index in [-0.39, 0.29) is 35.8 Å². The molecule has 2 bridgehead atoms. The van der Waals surface area contributed by atoms with Gasteiger partial charge in [0.05, 0.1) is 62.3 Å². The zero-order valence-corrected chi connectivity index (χ0v) is 37.6. The van der Waals surface area contributed by atoms with E-state index in [0.29, 0.717) is 48.0 Å². The first-order valence-corrected chi connectivity index (χ1v) is 22.4. The van der Waals surface area contributed by atoms with Crippen molar-refractivity contribution in [1.82, 2.24) is 31.2 Å². The van der Waals surface area contributed by atoms with E-state index >= 15 is 8.78 Å². The van der Waals surface area contributed by atoms with Crippen molar-refractivity contribution >= 4 is 23.5 Å². The number of piperazine rings is 1. The normalized spacial score (nSPS) is 21.2. The third-order valence-electron chi connectivity index (χ3n) is 13.0. The molecule has 0 saturated carbocycles. The van der Waals surface area contributed by atoms with Crippen molar-refractivity contribution < 1.29 is 50.9 Å². The van der Waals surface area contributed by atoms with E-state index in [4.69, 9.17) is 19.9 Å². The van der Waals surface area contributed by atoms with Crippen molar-refractivity contribution in [3.05, 3.63) is 106 Å². The quantitative estimate of drug-likeness (QED) is 0.0637. The number of anilines is 1. The number of nitrogens with zero attached hydrogens (tertiary/aromatic N) is 3. The highest BCUT2D eigenvalue weighted by Gasteiger charge is 2.56. The molecule has 4 fully saturated rings. The lowest BCUT2D eigenvalue weighted by molar-refractivity contribution is -0.220. The third kappa shape index (κ3) is 12.1. The van der Waals surface area contributed by atoms with Crippen LogP contribution in [0.15, 0.2) is 67.0 Å². The van der Waals surface area contributed by atoms with Gasteiger partial charge in [0, 0.05) is 73.3 Å². The number of amides is 2. The van der Waals surface area contributed by atoms with Crippen LogP contribution in [0.25, 0.3) is 0 Å². The van der Waals surface area contributed by atoms with Crippen LogP contribution < -0.4 is 26.2 Å². The Kier molecular flexibility index (Phi) is 15.8. The molecule has 1 aromatic heterocycles. The Bertz CT molecular complexity index is 2270. The largest absolute Gasteiger partial charge is 0.453 e. The Morgan fingerprint density at radius 2 is 1.63 bits per heavy atom. The van der Waals surface area contributed by atoms with Gasteiger partial charge in [-0.15, -0.1) is 0 Å². The van der Waals surface area contributed by atoms with E-state index in [1.54, 1.807) is 30.5 Å². The lowest BCUT2D eigenvalue weighted by Gasteiger charge is -2.47. The number of carbonyl (C=O) groups is 2. The van der Waals surface area contributed by atoms with Gasteiger partial charge in [0.25, 0.3) is 0 Å². The molecule has 0 radical (unpaired) electrons. The minimum absolute atomic E-state index is 0.00571. The predicted octanol–water partition coefficient (Wildman–Crippen LogP) is 4.56. The van der Waals surface area contributed by atoms with Gasteiger partial charge in [-0.3, -0.25) is 9.69 Å². The lowest BCUT2D eigenvalue weighted by Crippen LogP contribution is -2.62. The Morgan fingerprint density at radius 1 is 0.955 bits per heavy atom. The fraction of sp³-hybridized carbons (Fsp3) is 0.500. The number of hydrogen-bond donors (Lipinski definition) is 6. The SMILES string of the molecule is COC(=O)NC(C(=O)N[C@@H](Cc1ccc(C#Cc2ccc(N3CC4CCC(C3)N4C3COC3)nc2)cc1)[C@@H](O)CNCc1c(F)cc(C(=N)/C=C\N[C@H]2CCOC2)cc1F)C(C)(C)C(F)(F)F. The molecule has 4 aliphatic heterocycles. The standard InChI is InChI=1S/C48H57F5N8O6/c1-47(2,48(51,52)53)44(59-46(64)65-3)45(63)58-41(42(62)23-55-22-37-38(49)19-32(20-39(37)50)40(54)14-16-56-33-15-17-66-26-33)18-30-7-4-29(5-8-30)6-9-31-10-13-43(57-21-31)60-24-34-11-12-35(25-60)61(34)36-27-67-28-36/h4-5,7-8,10,13-14,16,19-21,33-36,41-42,44,54-56,62H,11-12,15,17-18,22-28H2,1-3H3,(H,58,63)(H,59,64)/b16-14-,54-40?/t33-,34?,35?,41-,42-,44?/m0/s1. The number of aliphatic hydroxyl groups is 1. The first kappa shape index (κ1) is 49.3. The number of hydrogen-bond acceptors (Lipinski definition) is 12. The molecule has 4 aliphatic rings. The molecule has 0 aliphatic carbocycles. The summed E-state index contributed by atoms with van der Waals surface area (Å²) < 4.78 is 88.5. The van der Waals surface area contributed by atoms with Gasteiger partial charge in [-0.25, -0.2) is 18.6 Å². The van der Waals surface area contributed by atoms with Crippen molar-refractivity contribution in [2.45, 2.75) is 94.6 Å². The molecule has 0 spiro atoms. The van der Waals surface area contributed by atoms with Crippen molar-refractivity contribution in [1.29, 1.82) is 5.41 Å². The van der Waals surface area contributed by atoms with Gasteiger partial charge >= 0.3 is 12.3 Å². The van der Waals surface area contributed by atoms with Crippen LogP contribution in [0, 0.1) is 34.3 Å². The monoisotopic (exact) mass is 936 g/mol. The number of pyridine rings is 1. The summed E-state index contributed by atoms with van der Waals surface area (Å²) in [6.45, 7) is 5.29.